The summed E-state index contributed by atoms with van der Waals surface area (Å²) in [7, 11) is -7.94. The van der Waals surface area contributed by atoms with Gasteiger partial charge in [0.1, 0.15) is 35.0 Å². The number of ether oxygens (including phenoxy) is 1. The summed E-state index contributed by atoms with van der Waals surface area (Å²) in [6.07, 6.45) is -2.71. The van der Waals surface area contributed by atoms with Crippen LogP contribution in [0, 0.1) is 28.5 Å². The highest BCUT2D eigenvalue weighted by molar-refractivity contribution is 7.95. The van der Waals surface area contributed by atoms with Gasteiger partial charge >= 0.3 is 6.18 Å². The van der Waals surface area contributed by atoms with Crippen LogP contribution in [-0.4, -0.2) is 23.9 Å². The quantitative estimate of drug-likeness (QED) is 0.304. The zero-order valence-corrected chi connectivity index (χ0v) is 20.2. The molecular formula is C23H14F4N4O4S2. The molecule has 1 unspecified atom stereocenters. The first-order valence-corrected chi connectivity index (χ1v) is 13.3. The number of benzene rings is 2. The van der Waals surface area contributed by atoms with Crippen molar-refractivity contribution < 1.29 is 34.9 Å². The SMILES string of the molecule is CS(=O)(=NC=C(C#N)S(=O)(=O)c1ccc(C(F)(F)F)cn1)c1ccc(Oc2cccc(F)c2C#N)cc1. The third-order valence-corrected chi connectivity index (χ3v) is 7.91. The summed E-state index contributed by atoms with van der Waals surface area (Å²) < 4.78 is 99.3. The van der Waals surface area contributed by atoms with Gasteiger partial charge in [-0.25, -0.2) is 26.4 Å². The molecule has 0 aliphatic heterocycles. The molecule has 3 aromatic rings. The molecule has 0 radical (unpaired) electrons. The van der Waals surface area contributed by atoms with Gasteiger partial charge < -0.3 is 4.74 Å². The van der Waals surface area contributed by atoms with E-state index in [4.69, 9.17) is 10.00 Å². The number of halogens is 4. The molecule has 1 aromatic heterocycles. The summed E-state index contributed by atoms with van der Waals surface area (Å²) >= 11 is 0. The van der Waals surface area contributed by atoms with Crippen LogP contribution in [0.2, 0.25) is 0 Å². The van der Waals surface area contributed by atoms with Crippen LogP contribution >= 0.6 is 0 Å². The van der Waals surface area contributed by atoms with Crippen LogP contribution in [0.3, 0.4) is 0 Å². The molecule has 14 heteroatoms. The van der Waals surface area contributed by atoms with E-state index in [2.05, 4.69) is 9.35 Å². The number of nitriles is 2. The smallest absolute Gasteiger partial charge is 0.417 e. The first-order valence-electron chi connectivity index (χ1n) is 9.86. The van der Waals surface area contributed by atoms with Gasteiger partial charge in [0.05, 0.1) is 21.5 Å². The summed E-state index contributed by atoms with van der Waals surface area (Å²) in [4.78, 5) is 2.41. The van der Waals surface area contributed by atoms with E-state index in [1.165, 1.54) is 42.5 Å². The molecule has 0 amide bonds. The fourth-order valence-corrected chi connectivity index (χ4v) is 4.88. The molecule has 0 saturated carbocycles. The molecule has 2 aromatic carbocycles. The second-order valence-electron chi connectivity index (χ2n) is 7.20. The Balaban J connectivity index is 1.89. The third kappa shape index (κ3) is 6.11. The van der Waals surface area contributed by atoms with Gasteiger partial charge in [-0.05, 0) is 48.5 Å². The van der Waals surface area contributed by atoms with Gasteiger partial charge in [-0.3, -0.25) is 0 Å². The number of alkyl halides is 3. The topological polar surface area (TPSA) is 133 Å². The Hall–Kier alpha value is -4.27. The Morgan fingerprint density at radius 3 is 2.27 bits per heavy atom. The lowest BCUT2D eigenvalue weighted by atomic mass is 10.2. The number of hydrogen-bond donors (Lipinski definition) is 0. The Morgan fingerprint density at radius 2 is 1.73 bits per heavy atom. The van der Waals surface area contributed by atoms with Crippen LogP contribution in [0.25, 0.3) is 0 Å². The van der Waals surface area contributed by atoms with Crippen molar-refractivity contribution in [3.05, 3.63) is 88.8 Å². The molecule has 0 N–H and O–H groups in total. The summed E-state index contributed by atoms with van der Waals surface area (Å²) in [6.45, 7) is 0. The molecule has 1 atom stereocenters. The van der Waals surface area contributed by atoms with E-state index in [0.29, 0.717) is 24.5 Å². The maximum absolute atomic E-state index is 13.7. The minimum atomic E-state index is -4.73. The molecule has 37 heavy (non-hydrogen) atoms. The number of nitrogens with zero attached hydrogens (tertiary/aromatic N) is 4. The van der Waals surface area contributed by atoms with E-state index in [0.717, 1.165) is 12.3 Å². The summed E-state index contributed by atoms with van der Waals surface area (Å²) in [5.41, 5.74) is -1.48. The maximum atomic E-state index is 13.7. The van der Waals surface area contributed by atoms with E-state index in [9.17, 15) is 35.5 Å². The highest BCUT2D eigenvalue weighted by Crippen LogP contribution is 2.30. The number of pyridine rings is 1. The second kappa shape index (κ2) is 10.4. The minimum Gasteiger partial charge on any atom is -0.456 e. The number of hydrogen-bond acceptors (Lipinski definition) is 8. The number of aromatic nitrogens is 1. The number of rotatable bonds is 6. The zero-order valence-electron chi connectivity index (χ0n) is 18.6. The van der Waals surface area contributed by atoms with Crippen molar-refractivity contribution in [2.24, 2.45) is 4.36 Å². The van der Waals surface area contributed by atoms with Crippen molar-refractivity contribution in [3.8, 4) is 23.6 Å². The largest absolute Gasteiger partial charge is 0.456 e. The zero-order chi connectivity index (χ0) is 27.4. The van der Waals surface area contributed by atoms with Crippen molar-refractivity contribution in [2.75, 3.05) is 6.26 Å². The van der Waals surface area contributed by atoms with Crippen LogP contribution in [0.15, 0.2) is 86.2 Å². The standard InChI is InChI=1S/C23H14F4N4O4S2/c1-36(32,17-8-6-16(7-9-17)35-21-4-2-3-20(24)19(21)12-29)31-14-18(11-28)37(33,34)22-10-5-15(13-30-22)23(25,26)27/h2-10,13-14H,1H3. The third-order valence-electron chi connectivity index (χ3n) is 4.69. The van der Waals surface area contributed by atoms with E-state index < -0.39 is 47.1 Å². The summed E-state index contributed by atoms with van der Waals surface area (Å²) in [5.74, 6) is -0.639. The monoisotopic (exact) mass is 550 g/mol. The van der Waals surface area contributed by atoms with Gasteiger partial charge in [-0.2, -0.15) is 23.7 Å². The molecule has 0 spiro atoms. The molecule has 0 fully saturated rings. The molecule has 0 aliphatic carbocycles. The van der Waals surface area contributed by atoms with Crippen LogP contribution in [0.4, 0.5) is 17.6 Å². The predicted octanol–water partition coefficient (Wildman–Crippen LogP) is 5.20. The lowest BCUT2D eigenvalue weighted by molar-refractivity contribution is -0.137. The van der Waals surface area contributed by atoms with Gasteiger partial charge in [0.15, 0.2) is 9.93 Å². The molecule has 0 bridgehead atoms. The summed E-state index contributed by atoms with van der Waals surface area (Å²) in [6, 6.07) is 13.4. The highest BCUT2D eigenvalue weighted by atomic mass is 32.2. The van der Waals surface area contributed by atoms with Crippen molar-refractivity contribution >= 4 is 19.6 Å². The van der Waals surface area contributed by atoms with Crippen LogP contribution in [0.5, 0.6) is 11.5 Å². The molecule has 0 saturated heterocycles. The van der Waals surface area contributed by atoms with E-state index in [-0.39, 0.29) is 22.0 Å². The molecule has 0 aliphatic rings. The van der Waals surface area contributed by atoms with Crippen LogP contribution in [-0.2, 0) is 25.7 Å². The Bertz CT molecular complexity index is 1680. The fraction of sp³-hybridized carbons (Fsp3) is 0.0870. The second-order valence-corrected chi connectivity index (χ2v) is 11.3. The average molecular weight is 551 g/mol. The number of sulfone groups is 1. The van der Waals surface area contributed by atoms with Gasteiger partial charge in [0, 0.05) is 17.3 Å². The van der Waals surface area contributed by atoms with Crippen molar-refractivity contribution in [1.82, 2.24) is 4.98 Å². The van der Waals surface area contributed by atoms with Gasteiger partial charge in [-0.15, -0.1) is 0 Å². The van der Waals surface area contributed by atoms with Gasteiger partial charge in [-0.1, -0.05) is 6.07 Å². The normalized spacial score (nSPS) is 13.6. The molecule has 1 heterocycles. The van der Waals surface area contributed by atoms with E-state index in [1.54, 1.807) is 6.07 Å². The first-order chi connectivity index (χ1) is 17.3. The fourth-order valence-electron chi connectivity index (χ4n) is 2.77. The van der Waals surface area contributed by atoms with Crippen LogP contribution in [0.1, 0.15) is 11.1 Å². The minimum absolute atomic E-state index is 0.0409. The average Bonchev–Trinajstić information content (AvgIpc) is 2.84. The Kier molecular flexibility index (Phi) is 7.66. The molecular weight excluding hydrogens is 536 g/mol. The van der Waals surface area contributed by atoms with Crippen LogP contribution < -0.4 is 4.74 Å². The Labute approximate surface area is 209 Å². The van der Waals surface area contributed by atoms with Gasteiger partial charge in [0.2, 0.25) is 9.84 Å². The highest BCUT2D eigenvalue weighted by Gasteiger charge is 2.32. The molecule has 3 rings (SSSR count). The van der Waals surface area contributed by atoms with Crippen molar-refractivity contribution in [2.45, 2.75) is 16.1 Å². The van der Waals surface area contributed by atoms with E-state index in [1.807, 2.05) is 0 Å². The summed E-state index contributed by atoms with van der Waals surface area (Å²) in [5, 5.41) is 17.6. The first kappa shape index (κ1) is 27.3. The lowest BCUT2D eigenvalue weighted by Gasteiger charge is -2.09. The van der Waals surface area contributed by atoms with Crippen molar-refractivity contribution in [1.29, 1.82) is 10.5 Å². The van der Waals surface area contributed by atoms with Crippen molar-refractivity contribution in [3.63, 3.8) is 0 Å². The molecule has 8 nitrogen and oxygen atoms in total. The van der Waals surface area contributed by atoms with Gasteiger partial charge in [0.25, 0.3) is 0 Å². The predicted molar refractivity (Wildman–Crippen MR) is 123 cm³/mol. The maximum Gasteiger partial charge on any atom is 0.417 e. The lowest BCUT2D eigenvalue weighted by Crippen LogP contribution is -2.09. The number of allylic oxidation sites excluding steroid dienone is 1. The molecule has 190 valence electrons. The van der Waals surface area contributed by atoms with E-state index >= 15 is 0 Å². The Morgan fingerprint density at radius 1 is 1.05 bits per heavy atom.